The Kier molecular flexibility index (Phi) is 5.16. The molecule has 0 aliphatic heterocycles. The van der Waals surface area contributed by atoms with E-state index in [0.29, 0.717) is 18.7 Å². The van der Waals surface area contributed by atoms with Crippen LogP contribution in [-0.4, -0.2) is 34.6 Å². The van der Waals surface area contributed by atoms with Crippen LogP contribution in [0.5, 0.6) is 0 Å². The van der Waals surface area contributed by atoms with Crippen LogP contribution in [0, 0.1) is 17.5 Å². The van der Waals surface area contributed by atoms with E-state index in [9.17, 15) is 23.1 Å². The quantitative estimate of drug-likeness (QED) is 0.845. The molecule has 0 heterocycles. The summed E-state index contributed by atoms with van der Waals surface area (Å²) >= 11 is 0. The molecular weight excluding hydrogens is 271 g/mol. The zero-order valence-electron chi connectivity index (χ0n) is 11.7. The number of carbonyl (C=O) groups excluding carboxylic acids is 1. The van der Waals surface area contributed by atoms with Crippen molar-refractivity contribution in [2.75, 3.05) is 13.1 Å². The van der Waals surface area contributed by atoms with Crippen molar-refractivity contribution in [3.63, 3.8) is 0 Å². The molecule has 0 aromatic heterocycles. The third-order valence-electron chi connectivity index (χ3n) is 2.74. The molecule has 1 aromatic carbocycles. The molecule has 0 radical (unpaired) electrons. The van der Waals surface area contributed by atoms with E-state index in [1.54, 1.807) is 20.8 Å². The Hall–Kier alpha value is -1.56. The number of halogens is 3. The SMILES string of the molecule is CCN(CC(C)(C)O)C(=O)Cc1cc(F)c(F)cc1F. The maximum Gasteiger partial charge on any atom is 0.227 e. The van der Waals surface area contributed by atoms with Crippen LogP contribution < -0.4 is 0 Å². The highest BCUT2D eigenvalue weighted by Gasteiger charge is 2.22. The molecule has 0 saturated heterocycles. The Morgan fingerprint density at radius 2 is 1.75 bits per heavy atom. The normalized spacial score (nSPS) is 11.6. The van der Waals surface area contributed by atoms with Gasteiger partial charge in [0, 0.05) is 24.7 Å². The van der Waals surface area contributed by atoms with E-state index in [0.717, 1.165) is 0 Å². The first-order valence-corrected chi connectivity index (χ1v) is 6.27. The first kappa shape index (κ1) is 16.5. The van der Waals surface area contributed by atoms with Crippen LogP contribution >= 0.6 is 0 Å². The first-order chi connectivity index (χ1) is 9.14. The molecule has 0 aliphatic carbocycles. The Morgan fingerprint density at radius 3 is 2.25 bits per heavy atom. The summed E-state index contributed by atoms with van der Waals surface area (Å²) in [6.45, 7) is 5.20. The number of hydrogen-bond acceptors (Lipinski definition) is 2. The van der Waals surface area contributed by atoms with Crippen LogP contribution in [0.1, 0.15) is 26.3 Å². The van der Waals surface area contributed by atoms with Gasteiger partial charge in [0.05, 0.1) is 12.0 Å². The van der Waals surface area contributed by atoms with Gasteiger partial charge in [0.2, 0.25) is 5.91 Å². The molecule has 3 nitrogen and oxygen atoms in total. The lowest BCUT2D eigenvalue weighted by Crippen LogP contribution is -2.42. The van der Waals surface area contributed by atoms with E-state index in [2.05, 4.69) is 0 Å². The summed E-state index contributed by atoms with van der Waals surface area (Å²) < 4.78 is 39.3. The number of rotatable bonds is 5. The number of benzene rings is 1. The monoisotopic (exact) mass is 289 g/mol. The highest BCUT2D eigenvalue weighted by molar-refractivity contribution is 5.78. The van der Waals surface area contributed by atoms with Crippen molar-refractivity contribution >= 4 is 5.91 Å². The molecule has 112 valence electrons. The molecule has 20 heavy (non-hydrogen) atoms. The summed E-state index contributed by atoms with van der Waals surface area (Å²) in [5.74, 6) is -3.90. The van der Waals surface area contributed by atoms with Gasteiger partial charge in [-0.2, -0.15) is 0 Å². The molecule has 1 N–H and O–H groups in total. The average molecular weight is 289 g/mol. The summed E-state index contributed by atoms with van der Waals surface area (Å²) in [7, 11) is 0. The van der Waals surface area contributed by atoms with Gasteiger partial charge >= 0.3 is 0 Å². The number of amides is 1. The second kappa shape index (κ2) is 6.26. The maximum absolute atomic E-state index is 13.5. The summed E-state index contributed by atoms with van der Waals surface area (Å²) in [5.41, 5.74) is -1.29. The van der Waals surface area contributed by atoms with Crippen LogP contribution in [-0.2, 0) is 11.2 Å². The van der Waals surface area contributed by atoms with Gasteiger partial charge in [0.25, 0.3) is 0 Å². The Morgan fingerprint density at radius 1 is 1.20 bits per heavy atom. The third-order valence-corrected chi connectivity index (χ3v) is 2.74. The summed E-state index contributed by atoms with van der Waals surface area (Å²) in [4.78, 5) is 13.3. The topological polar surface area (TPSA) is 40.5 Å². The number of nitrogens with zero attached hydrogens (tertiary/aromatic N) is 1. The van der Waals surface area contributed by atoms with Crippen molar-refractivity contribution in [3.05, 3.63) is 35.1 Å². The lowest BCUT2D eigenvalue weighted by Gasteiger charge is -2.28. The molecule has 6 heteroatoms. The lowest BCUT2D eigenvalue weighted by atomic mass is 10.1. The van der Waals surface area contributed by atoms with Crippen molar-refractivity contribution in [2.45, 2.75) is 32.8 Å². The molecular formula is C14H18F3NO2. The highest BCUT2D eigenvalue weighted by Crippen LogP contribution is 2.16. The minimum atomic E-state index is -1.29. The van der Waals surface area contributed by atoms with Crippen LogP contribution in [0.15, 0.2) is 12.1 Å². The zero-order valence-corrected chi connectivity index (χ0v) is 11.7. The fraction of sp³-hybridized carbons (Fsp3) is 0.500. The molecule has 0 aliphatic rings. The molecule has 1 amide bonds. The van der Waals surface area contributed by atoms with Crippen LogP contribution in [0.4, 0.5) is 13.2 Å². The Bertz CT molecular complexity index is 498. The fourth-order valence-corrected chi connectivity index (χ4v) is 1.82. The third kappa shape index (κ3) is 4.52. The van der Waals surface area contributed by atoms with Crippen LogP contribution in [0.2, 0.25) is 0 Å². The van der Waals surface area contributed by atoms with Gasteiger partial charge in [-0.25, -0.2) is 13.2 Å². The molecule has 1 aromatic rings. The van der Waals surface area contributed by atoms with E-state index >= 15 is 0 Å². The number of likely N-dealkylation sites (N-methyl/N-ethyl adjacent to an activating group) is 1. The minimum absolute atomic E-state index is 0.0770. The fourth-order valence-electron chi connectivity index (χ4n) is 1.82. The van der Waals surface area contributed by atoms with E-state index < -0.39 is 29.0 Å². The molecule has 0 unspecified atom stereocenters. The second-order valence-corrected chi connectivity index (χ2v) is 5.25. The molecule has 0 fully saturated rings. The van der Waals surface area contributed by atoms with Gasteiger partial charge in [-0.1, -0.05) is 0 Å². The van der Waals surface area contributed by atoms with Crippen molar-refractivity contribution in [1.82, 2.24) is 4.90 Å². The Labute approximate surface area is 116 Å². The lowest BCUT2D eigenvalue weighted by molar-refractivity contribution is -0.133. The molecule has 0 saturated carbocycles. The van der Waals surface area contributed by atoms with Crippen molar-refractivity contribution in [3.8, 4) is 0 Å². The predicted molar refractivity (Wildman–Crippen MR) is 68.6 cm³/mol. The van der Waals surface area contributed by atoms with Gasteiger partial charge in [-0.05, 0) is 26.8 Å². The predicted octanol–water partition coefficient (Wildman–Crippen LogP) is 2.27. The Balaban J connectivity index is 2.86. The van der Waals surface area contributed by atoms with E-state index in [1.807, 2.05) is 0 Å². The minimum Gasteiger partial charge on any atom is -0.389 e. The highest BCUT2D eigenvalue weighted by atomic mass is 19.2. The van der Waals surface area contributed by atoms with Crippen molar-refractivity contribution in [2.24, 2.45) is 0 Å². The van der Waals surface area contributed by atoms with Crippen LogP contribution in [0.25, 0.3) is 0 Å². The molecule has 0 atom stereocenters. The van der Waals surface area contributed by atoms with Gasteiger partial charge in [0.15, 0.2) is 11.6 Å². The second-order valence-electron chi connectivity index (χ2n) is 5.25. The van der Waals surface area contributed by atoms with Gasteiger partial charge in [-0.3, -0.25) is 4.79 Å². The molecule has 1 rings (SSSR count). The maximum atomic E-state index is 13.5. The summed E-state index contributed by atoms with van der Waals surface area (Å²) in [5, 5.41) is 9.69. The van der Waals surface area contributed by atoms with Gasteiger partial charge in [0.1, 0.15) is 5.82 Å². The summed E-state index contributed by atoms with van der Waals surface area (Å²) in [6, 6.07) is 1.10. The molecule has 0 bridgehead atoms. The van der Waals surface area contributed by atoms with Crippen molar-refractivity contribution in [1.29, 1.82) is 0 Å². The largest absolute Gasteiger partial charge is 0.389 e. The smallest absolute Gasteiger partial charge is 0.227 e. The van der Waals surface area contributed by atoms with Crippen molar-refractivity contribution < 1.29 is 23.1 Å². The number of hydrogen-bond donors (Lipinski definition) is 1. The summed E-state index contributed by atoms with van der Waals surface area (Å²) in [6.07, 6.45) is -0.382. The van der Waals surface area contributed by atoms with Crippen LogP contribution in [0.3, 0.4) is 0 Å². The molecule has 0 spiro atoms. The van der Waals surface area contributed by atoms with E-state index in [4.69, 9.17) is 0 Å². The first-order valence-electron chi connectivity index (χ1n) is 6.27. The van der Waals surface area contributed by atoms with Gasteiger partial charge < -0.3 is 10.0 Å². The number of aliphatic hydroxyl groups is 1. The van der Waals surface area contributed by atoms with E-state index in [-0.39, 0.29) is 18.5 Å². The standard InChI is InChI=1S/C14H18F3NO2/c1-4-18(8-14(2,3)20)13(19)6-9-5-11(16)12(17)7-10(9)15/h5,7,20H,4,6,8H2,1-3H3. The van der Waals surface area contributed by atoms with Gasteiger partial charge in [-0.15, -0.1) is 0 Å². The van der Waals surface area contributed by atoms with E-state index in [1.165, 1.54) is 4.90 Å². The number of carbonyl (C=O) groups is 1. The zero-order chi connectivity index (χ0) is 15.5. The average Bonchev–Trinajstić information content (AvgIpc) is 2.31.